The van der Waals surface area contributed by atoms with Gasteiger partial charge in [0.2, 0.25) is 0 Å². The monoisotopic (exact) mass is 399 g/mol. The van der Waals surface area contributed by atoms with Crippen molar-refractivity contribution in [3.63, 3.8) is 0 Å². The summed E-state index contributed by atoms with van der Waals surface area (Å²) in [5, 5.41) is 11.9. The number of nitrogens with two attached hydrogens (primary N) is 1. The van der Waals surface area contributed by atoms with Crippen molar-refractivity contribution in [2.75, 3.05) is 7.11 Å². The van der Waals surface area contributed by atoms with Gasteiger partial charge in [0.25, 0.3) is 0 Å². The lowest BCUT2D eigenvalue weighted by atomic mass is 10.2. The molecule has 2 aromatic carbocycles. The van der Waals surface area contributed by atoms with E-state index in [9.17, 15) is 10.1 Å². The number of amides is 1. The lowest BCUT2D eigenvalue weighted by molar-refractivity contribution is 0.206. The molecule has 0 bridgehead atoms. The van der Waals surface area contributed by atoms with Crippen molar-refractivity contribution in [3.05, 3.63) is 70.8 Å². The van der Waals surface area contributed by atoms with Gasteiger partial charge in [-0.1, -0.05) is 42.5 Å². The molecule has 2 aromatic rings. The van der Waals surface area contributed by atoms with Gasteiger partial charge >= 0.3 is 6.09 Å². The van der Waals surface area contributed by atoms with Crippen LogP contribution in [0, 0.1) is 11.3 Å². The van der Waals surface area contributed by atoms with Gasteiger partial charge in [-0.3, -0.25) is 5.32 Å². The van der Waals surface area contributed by atoms with Gasteiger partial charge in [-0.15, -0.1) is 11.8 Å². The number of methoxy groups -OCH3 is 1. The van der Waals surface area contributed by atoms with Crippen molar-refractivity contribution in [1.82, 2.24) is 5.32 Å². The van der Waals surface area contributed by atoms with Crippen molar-refractivity contribution in [2.24, 2.45) is 5.73 Å². The van der Waals surface area contributed by atoms with Crippen LogP contribution in [-0.2, 0) is 5.75 Å². The Hall–Kier alpha value is -3.02. The fourth-order valence-corrected chi connectivity index (χ4v) is 3.06. The summed E-state index contributed by atoms with van der Waals surface area (Å²) in [5.41, 5.74) is 7.00. The highest BCUT2D eigenvalue weighted by molar-refractivity contribution is 8.02. The number of thioether (sulfide) groups is 1. The Bertz CT molecular complexity index is 875. The van der Waals surface area contributed by atoms with E-state index >= 15 is 0 Å². The average molecular weight is 399 g/mol. The second-order valence-corrected chi connectivity index (χ2v) is 6.57. The third-order valence-corrected chi connectivity index (χ3v) is 4.61. The normalized spacial score (nSPS) is 11.0. The number of nitrogens with one attached hydrogen (secondary N) is 1. The van der Waals surface area contributed by atoms with Crippen LogP contribution >= 0.6 is 24.0 Å². The molecule has 8 heteroatoms. The van der Waals surface area contributed by atoms with Gasteiger partial charge in [0.15, 0.2) is 0 Å². The molecule has 0 radical (unpaired) electrons. The Balaban J connectivity index is 1.96. The topological polar surface area (TPSA) is 97.4 Å². The predicted octanol–water partition coefficient (Wildman–Crippen LogP) is 3.74. The molecule has 3 N–H and O–H groups in total. The lowest BCUT2D eigenvalue weighted by Gasteiger charge is -2.09. The lowest BCUT2D eigenvalue weighted by Crippen LogP contribution is -2.33. The van der Waals surface area contributed by atoms with Gasteiger partial charge in [0.1, 0.15) is 28.1 Å². The molecular formula is C19H17N3O3S2. The van der Waals surface area contributed by atoms with E-state index in [1.54, 1.807) is 37.4 Å². The largest absolute Gasteiger partial charge is 0.497 e. The van der Waals surface area contributed by atoms with Gasteiger partial charge in [0, 0.05) is 5.75 Å². The van der Waals surface area contributed by atoms with E-state index in [4.69, 9.17) is 27.4 Å². The zero-order valence-corrected chi connectivity index (χ0v) is 16.1. The third-order valence-electron chi connectivity index (χ3n) is 3.31. The molecule has 0 unspecified atom stereocenters. The van der Waals surface area contributed by atoms with Crippen molar-refractivity contribution in [1.29, 1.82) is 5.26 Å². The molecule has 0 atom stereocenters. The van der Waals surface area contributed by atoms with Crippen molar-refractivity contribution >= 4 is 35.1 Å². The van der Waals surface area contributed by atoms with Crippen LogP contribution < -0.4 is 20.5 Å². The van der Waals surface area contributed by atoms with Gasteiger partial charge in [-0.05, 0) is 29.8 Å². The Morgan fingerprint density at radius 3 is 2.44 bits per heavy atom. The standard InChI is InChI=1S/C19H17N3O3S2/c1-24-14-9-7-13(8-10-14)12-27-17(21)16(11-20)18(26)22-19(23)25-15-5-3-2-4-6-15/h2-10H,12,21H2,1H3,(H,22,23,26). The second kappa shape index (κ2) is 10.2. The van der Waals surface area contributed by atoms with Gasteiger partial charge in [-0.2, -0.15) is 5.26 Å². The number of hydrogen-bond donors (Lipinski definition) is 2. The van der Waals surface area contributed by atoms with Gasteiger partial charge in [0.05, 0.1) is 12.1 Å². The van der Waals surface area contributed by atoms with E-state index in [0.29, 0.717) is 11.5 Å². The zero-order valence-electron chi connectivity index (χ0n) is 14.5. The molecule has 138 valence electrons. The van der Waals surface area contributed by atoms with Crippen molar-refractivity contribution < 1.29 is 14.3 Å². The molecule has 27 heavy (non-hydrogen) atoms. The van der Waals surface area contributed by atoms with Crippen LogP contribution in [0.3, 0.4) is 0 Å². The number of nitrogens with zero attached hydrogens (tertiary/aromatic N) is 1. The number of carbonyl (C=O) groups is 1. The van der Waals surface area contributed by atoms with Crippen LogP contribution in [0.2, 0.25) is 0 Å². The summed E-state index contributed by atoms with van der Waals surface area (Å²) in [6.07, 6.45) is -0.785. The molecular weight excluding hydrogens is 382 g/mol. The van der Waals surface area contributed by atoms with Gasteiger partial charge < -0.3 is 15.2 Å². The minimum absolute atomic E-state index is 0.0218. The van der Waals surface area contributed by atoms with Crippen LogP contribution in [0.1, 0.15) is 5.56 Å². The summed E-state index contributed by atoms with van der Waals surface area (Å²) in [7, 11) is 1.60. The number of hydrogen-bond acceptors (Lipinski definition) is 7. The van der Waals surface area contributed by atoms with E-state index < -0.39 is 6.09 Å². The third kappa shape index (κ3) is 6.33. The van der Waals surface area contributed by atoms with Crippen LogP contribution in [0.4, 0.5) is 4.79 Å². The first-order valence-electron chi connectivity index (χ1n) is 7.77. The van der Waals surface area contributed by atoms with E-state index in [1.807, 2.05) is 30.3 Å². The predicted molar refractivity (Wildman–Crippen MR) is 109 cm³/mol. The fourth-order valence-electron chi connectivity index (χ4n) is 1.95. The van der Waals surface area contributed by atoms with E-state index in [2.05, 4.69) is 5.32 Å². The van der Waals surface area contributed by atoms with E-state index in [1.165, 1.54) is 11.8 Å². The number of benzene rings is 2. The number of rotatable bonds is 6. The Morgan fingerprint density at radius 1 is 1.19 bits per heavy atom. The molecule has 1 amide bonds. The maximum atomic E-state index is 11.9. The highest BCUT2D eigenvalue weighted by Crippen LogP contribution is 2.22. The van der Waals surface area contributed by atoms with Crippen LogP contribution in [0.25, 0.3) is 0 Å². The SMILES string of the molecule is COc1ccc(CSC(N)=C(C#N)C(=S)NC(=O)Oc2ccccc2)cc1. The molecule has 0 aromatic heterocycles. The highest BCUT2D eigenvalue weighted by atomic mass is 32.2. The summed E-state index contributed by atoms with van der Waals surface area (Å²) >= 11 is 6.35. The second-order valence-electron chi connectivity index (χ2n) is 5.14. The highest BCUT2D eigenvalue weighted by Gasteiger charge is 2.14. The van der Waals surface area contributed by atoms with E-state index in [0.717, 1.165) is 11.3 Å². The fraction of sp³-hybridized carbons (Fsp3) is 0.105. The summed E-state index contributed by atoms with van der Waals surface area (Å²) in [5.74, 6) is 1.66. The van der Waals surface area contributed by atoms with Crippen LogP contribution in [0.5, 0.6) is 11.5 Å². The summed E-state index contributed by atoms with van der Waals surface area (Å²) in [6.45, 7) is 0. The average Bonchev–Trinajstić information content (AvgIpc) is 2.68. The molecule has 0 fully saturated rings. The molecule has 0 saturated heterocycles. The maximum Gasteiger partial charge on any atom is 0.417 e. The first kappa shape index (κ1) is 20.3. The van der Waals surface area contributed by atoms with E-state index in [-0.39, 0.29) is 15.6 Å². The number of thiocarbonyl (C=S) groups is 1. The Morgan fingerprint density at radius 2 is 1.85 bits per heavy atom. The van der Waals surface area contributed by atoms with Crippen LogP contribution in [0.15, 0.2) is 65.2 Å². The quantitative estimate of drug-likeness (QED) is 0.434. The molecule has 0 aliphatic heterocycles. The summed E-state index contributed by atoms with van der Waals surface area (Å²) in [6, 6.07) is 17.9. The van der Waals surface area contributed by atoms with Crippen molar-refractivity contribution in [3.8, 4) is 17.6 Å². The summed E-state index contributed by atoms with van der Waals surface area (Å²) in [4.78, 5) is 11.8. The molecule has 0 spiro atoms. The molecule has 0 aliphatic rings. The first-order valence-corrected chi connectivity index (χ1v) is 9.16. The Kier molecular flexibility index (Phi) is 7.67. The Labute approximate surface area is 167 Å². The minimum atomic E-state index is -0.785. The van der Waals surface area contributed by atoms with Crippen LogP contribution in [-0.4, -0.2) is 18.2 Å². The minimum Gasteiger partial charge on any atom is -0.497 e. The van der Waals surface area contributed by atoms with Crippen molar-refractivity contribution in [2.45, 2.75) is 5.75 Å². The summed E-state index contributed by atoms with van der Waals surface area (Å²) < 4.78 is 10.2. The number of nitriles is 1. The molecule has 0 saturated carbocycles. The number of para-hydroxylation sites is 1. The number of ether oxygens (including phenoxy) is 2. The molecule has 0 aliphatic carbocycles. The van der Waals surface area contributed by atoms with Gasteiger partial charge in [-0.25, -0.2) is 4.79 Å². The first-order chi connectivity index (χ1) is 13.0. The number of carbonyl (C=O) groups excluding carboxylic acids is 1. The maximum absolute atomic E-state index is 11.9. The smallest absolute Gasteiger partial charge is 0.417 e. The molecule has 6 nitrogen and oxygen atoms in total. The molecule has 0 heterocycles. The zero-order chi connectivity index (χ0) is 19.6. The molecule has 2 rings (SSSR count).